The van der Waals surface area contributed by atoms with Gasteiger partial charge < -0.3 is 9.88 Å². The van der Waals surface area contributed by atoms with E-state index in [0.29, 0.717) is 6.54 Å². The maximum Gasteiger partial charge on any atom is 0.264 e. The third kappa shape index (κ3) is 4.06. The van der Waals surface area contributed by atoms with Crippen LogP contribution in [-0.4, -0.2) is 51.9 Å². The van der Waals surface area contributed by atoms with Gasteiger partial charge in [0.15, 0.2) is 0 Å². The molecular weight excluding hydrogens is 452 g/mol. The quantitative estimate of drug-likeness (QED) is 0.613. The predicted octanol–water partition coefficient (Wildman–Crippen LogP) is 4.01. The lowest BCUT2D eigenvalue weighted by atomic mass is 9.90. The van der Waals surface area contributed by atoms with E-state index in [-0.39, 0.29) is 11.5 Å². The molecule has 0 spiro atoms. The Morgan fingerprint density at radius 2 is 1.94 bits per heavy atom. The van der Waals surface area contributed by atoms with E-state index in [1.807, 2.05) is 4.90 Å². The first-order valence-corrected chi connectivity index (χ1v) is 13.8. The molecule has 3 aromatic heterocycles. The molecule has 1 unspecified atom stereocenters. The van der Waals surface area contributed by atoms with Crippen LogP contribution in [-0.2, 0) is 32.2 Å². The number of nitrogens with zero attached hydrogens (tertiary/aromatic N) is 3. The molecule has 0 radical (unpaired) electrons. The van der Waals surface area contributed by atoms with Crippen molar-refractivity contribution in [3.05, 3.63) is 48.0 Å². The Labute approximate surface area is 201 Å². The zero-order chi connectivity index (χ0) is 22.5. The number of H-pyrrole nitrogens is 1. The number of carbonyl (C=O) groups excluding carboxylic acids is 1. The van der Waals surface area contributed by atoms with E-state index in [0.717, 1.165) is 85.1 Å². The summed E-state index contributed by atoms with van der Waals surface area (Å²) in [6.07, 6.45) is 7.91. The van der Waals surface area contributed by atoms with Crippen LogP contribution < -0.4 is 5.56 Å². The van der Waals surface area contributed by atoms with Gasteiger partial charge in [-0.25, -0.2) is 4.98 Å². The molecule has 0 aromatic carbocycles. The van der Waals surface area contributed by atoms with Gasteiger partial charge in [0.05, 0.1) is 16.8 Å². The monoisotopic (exact) mass is 482 g/mol. The third-order valence-corrected chi connectivity index (χ3v) is 9.86. The fourth-order valence-corrected chi connectivity index (χ4v) is 8.03. The number of hydrogen-bond donors (Lipinski definition) is 1. The fourth-order valence-electron chi connectivity index (χ4n) is 5.57. The molecule has 0 bridgehead atoms. The summed E-state index contributed by atoms with van der Waals surface area (Å²) < 4.78 is 0. The lowest BCUT2D eigenvalue weighted by Gasteiger charge is -2.34. The first kappa shape index (κ1) is 21.5. The fraction of sp³-hybridized carbons (Fsp3) is 0.560. The second-order valence-electron chi connectivity index (χ2n) is 9.88. The van der Waals surface area contributed by atoms with E-state index in [1.54, 1.807) is 22.7 Å². The van der Waals surface area contributed by atoms with Gasteiger partial charge in [0.2, 0.25) is 0 Å². The second-order valence-corrected chi connectivity index (χ2v) is 12.1. The van der Waals surface area contributed by atoms with Crippen molar-refractivity contribution in [2.45, 2.75) is 58.4 Å². The molecule has 1 aliphatic heterocycles. The molecule has 33 heavy (non-hydrogen) atoms. The smallest absolute Gasteiger partial charge is 0.264 e. The number of aromatic nitrogens is 2. The molecule has 2 aliphatic carbocycles. The molecule has 1 atom stereocenters. The Morgan fingerprint density at radius 3 is 2.79 bits per heavy atom. The van der Waals surface area contributed by atoms with Crippen LogP contribution in [0.1, 0.15) is 62.6 Å². The second kappa shape index (κ2) is 8.64. The summed E-state index contributed by atoms with van der Waals surface area (Å²) in [5.41, 5.74) is 2.64. The number of thiophene rings is 2. The number of aryl methyl sites for hydroxylation is 3. The Balaban J connectivity index is 1.11. The van der Waals surface area contributed by atoms with Gasteiger partial charge in [0.1, 0.15) is 10.7 Å². The lowest BCUT2D eigenvalue weighted by molar-refractivity contribution is 0.0630. The third-order valence-electron chi connectivity index (χ3n) is 7.45. The van der Waals surface area contributed by atoms with Crippen molar-refractivity contribution in [3.8, 4) is 0 Å². The average Bonchev–Trinajstić information content (AvgIpc) is 3.40. The van der Waals surface area contributed by atoms with Gasteiger partial charge in [-0.1, -0.05) is 6.92 Å². The van der Waals surface area contributed by atoms with Crippen LogP contribution >= 0.6 is 22.7 Å². The van der Waals surface area contributed by atoms with Crippen molar-refractivity contribution < 1.29 is 4.79 Å². The molecule has 1 fully saturated rings. The Bertz CT molecular complexity index is 1270. The summed E-state index contributed by atoms with van der Waals surface area (Å²) in [7, 11) is 0. The summed E-state index contributed by atoms with van der Waals surface area (Å²) >= 11 is 3.40. The molecular formula is C25H30N4O2S2. The average molecular weight is 483 g/mol. The molecule has 6 nitrogen and oxygen atoms in total. The van der Waals surface area contributed by atoms with Gasteiger partial charge in [-0.3, -0.25) is 14.5 Å². The molecule has 1 saturated heterocycles. The minimum Gasteiger partial charge on any atom is -0.335 e. The van der Waals surface area contributed by atoms with Gasteiger partial charge in [-0.15, -0.1) is 22.7 Å². The van der Waals surface area contributed by atoms with Crippen molar-refractivity contribution in [3.63, 3.8) is 0 Å². The van der Waals surface area contributed by atoms with Crippen molar-refractivity contribution in [1.82, 2.24) is 19.8 Å². The summed E-state index contributed by atoms with van der Waals surface area (Å²) in [5.74, 6) is 1.64. The van der Waals surface area contributed by atoms with Gasteiger partial charge in [-0.2, -0.15) is 0 Å². The van der Waals surface area contributed by atoms with Crippen LogP contribution in [0, 0.1) is 5.92 Å². The Hall–Kier alpha value is -2.03. The summed E-state index contributed by atoms with van der Waals surface area (Å²) in [6.45, 7) is 5.97. The number of fused-ring (bicyclic) bond motifs is 4. The Morgan fingerprint density at radius 1 is 1.12 bits per heavy atom. The molecule has 0 saturated carbocycles. The summed E-state index contributed by atoms with van der Waals surface area (Å²) in [4.78, 5) is 42.6. The number of hydrogen-bond acceptors (Lipinski definition) is 6. The zero-order valence-corrected chi connectivity index (χ0v) is 20.7. The molecule has 1 N–H and O–H groups in total. The van der Waals surface area contributed by atoms with E-state index in [1.165, 1.54) is 33.7 Å². The van der Waals surface area contributed by atoms with E-state index >= 15 is 0 Å². The van der Waals surface area contributed by atoms with Crippen LogP contribution in [0.15, 0.2) is 10.9 Å². The highest BCUT2D eigenvalue weighted by Crippen LogP contribution is 2.34. The van der Waals surface area contributed by atoms with Crippen molar-refractivity contribution in [1.29, 1.82) is 0 Å². The summed E-state index contributed by atoms with van der Waals surface area (Å²) in [6, 6.07) is 2.15. The molecule has 1 amide bonds. The first-order chi connectivity index (χ1) is 16.0. The number of carbonyl (C=O) groups is 1. The molecule has 174 valence electrons. The number of amides is 1. The standard InChI is InChI=1S/C25H30N4O2S2/c1-15-6-7-18-16(12-15)13-20(32-18)25(31)29-10-8-28(9-11-29)14-21-26-23(30)22-17-4-2-3-5-19(17)33-24(22)27-21/h13,15H,2-12,14H2,1H3,(H,26,27,30). The minimum atomic E-state index is 0.0131. The normalized spacial score (nSPS) is 21.2. The molecule has 8 heteroatoms. The van der Waals surface area contributed by atoms with E-state index < -0.39 is 0 Å². The highest BCUT2D eigenvalue weighted by Gasteiger charge is 2.27. The molecule has 3 aliphatic rings. The highest BCUT2D eigenvalue weighted by atomic mass is 32.1. The van der Waals surface area contributed by atoms with E-state index in [4.69, 9.17) is 4.98 Å². The van der Waals surface area contributed by atoms with E-state index in [9.17, 15) is 9.59 Å². The SMILES string of the molecule is CC1CCc2sc(C(=O)N3CCN(Cc4nc5sc6c(c5c(=O)[nH]4)CCCC6)CC3)cc2C1. The van der Waals surface area contributed by atoms with Gasteiger partial charge in [0, 0.05) is 35.9 Å². The van der Waals surface area contributed by atoms with Crippen LogP contribution in [0.2, 0.25) is 0 Å². The minimum absolute atomic E-state index is 0.0131. The number of rotatable bonds is 3. The topological polar surface area (TPSA) is 69.3 Å². The Kier molecular flexibility index (Phi) is 5.63. The molecule has 4 heterocycles. The maximum atomic E-state index is 13.1. The molecule has 3 aromatic rings. The highest BCUT2D eigenvalue weighted by molar-refractivity contribution is 7.18. The molecule has 6 rings (SSSR count). The number of piperazine rings is 1. The predicted molar refractivity (Wildman–Crippen MR) is 134 cm³/mol. The maximum absolute atomic E-state index is 13.1. The van der Waals surface area contributed by atoms with Crippen LogP contribution in [0.4, 0.5) is 0 Å². The van der Waals surface area contributed by atoms with Crippen LogP contribution in [0.25, 0.3) is 10.2 Å². The number of aromatic amines is 1. The largest absolute Gasteiger partial charge is 0.335 e. The van der Waals surface area contributed by atoms with Crippen molar-refractivity contribution in [2.24, 2.45) is 5.92 Å². The van der Waals surface area contributed by atoms with Crippen LogP contribution in [0.5, 0.6) is 0 Å². The zero-order valence-electron chi connectivity index (χ0n) is 19.1. The van der Waals surface area contributed by atoms with Gasteiger partial charge >= 0.3 is 0 Å². The van der Waals surface area contributed by atoms with E-state index in [2.05, 4.69) is 22.9 Å². The number of nitrogens with one attached hydrogen (secondary N) is 1. The van der Waals surface area contributed by atoms with Gasteiger partial charge in [-0.05, 0) is 68.1 Å². The van der Waals surface area contributed by atoms with Crippen LogP contribution in [0.3, 0.4) is 0 Å². The van der Waals surface area contributed by atoms with Crippen molar-refractivity contribution >= 4 is 38.8 Å². The lowest BCUT2D eigenvalue weighted by Crippen LogP contribution is -2.48. The van der Waals surface area contributed by atoms with Crippen molar-refractivity contribution in [2.75, 3.05) is 26.2 Å². The first-order valence-electron chi connectivity index (χ1n) is 12.2. The van der Waals surface area contributed by atoms with Gasteiger partial charge in [0.25, 0.3) is 11.5 Å². The summed E-state index contributed by atoms with van der Waals surface area (Å²) in [5, 5.41) is 0.821.